The molecule has 2 rings (SSSR count). The van der Waals surface area contributed by atoms with Gasteiger partial charge in [0.2, 0.25) is 0 Å². The summed E-state index contributed by atoms with van der Waals surface area (Å²) in [6.45, 7) is 7.88. The van der Waals surface area contributed by atoms with Crippen LogP contribution >= 0.6 is 0 Å². The molecule has 0 spiro atoms. The molecule has 0 fully saturated rings. The molecular formula is C17H20FNO. The molecule has 0 amide bonds. The van der Waals surface area contributed by atoms with E-state index in [2.05, 4.69) is 4.98 Å². The Bertz CT molecular complexity index is 635. The molecule has 0 bridgehead atoms. The van der Waals surface area contributed by atoms with Crippen LogP contribution in [0.4, 0.5) is 4.39 Å². The van der Waals surface area contributed by atoms with Crippen molar-refractivity contribution >= 4 is 0 Å². The lowest BCUT2D eigenvalue weighted by Gasteiger charge is -2.15. The van der Waals surface area contributed by atoms with Crippen LogP contribution < -0.4 is 4.74 Å². The van der Waals surface area contributed by atoms with Crippen LogP contribution in [0.5, 0.6) is 5.75 Å². The molecule has 0 N–H and O–H groups in total. The van der Waals surface area contributed by atoms with Crippen LogP contribution in [-0.2, 0) is 0 Å². The first-order valence-electron chi connectivity index (χ1n) is 6.76. The molecule has 0 aliphatic heterocycles. The predicted molar refractivity (Wildman–Crippen MR) is 79.7 cm³/mol. The first kappa shape index (κ1) is 14.5. The van der Waals surface area contributed by atoms with E-state index in [-0.39, 0.29) is 11.7 Å². The lowest BCUT2D eigenvalue weighted by molar-refractivity contribution is 0.412. The van der Waals surface area contributed by atoms with Gasteiger partial charge in [0.05, 0.1) is 7.11 Å². The first-order chi connectivity index (χ1) is 9.43. The molecule has 2 aromatic rings. The normalized spacial score (nSPS) is 10.9. The van der Waals surface area contributed by atoms with Gasteiger partial charge in [-0.05, 0) is 37.5 Å². The third kappa shape index (κ3) is 2.67. The lowest BCUT2D eigenvalue weighted by Crippen LogP contribution is -1.99. The summed E-state index contributed by atoms with van der Waals surface area (Å²) in [5.41, 5.74) is 4.46. The molecule has 1 aromatic carbocycles. The van der Waals surface area contributed by atoms with Crippen molar-refractivity contribution < 1.29 is 9.13 Å². The van der Waals surface area contributed by atoms with E-state index in [1.165, 1.54) is 6.07 Å². The van der Waals surface area contributed by atoms with Gasteiger partial charge in [0.15, 0.2) is 0 Å². The monoisotopic (exact) mass is 273 g/mol. The lowest BCUT2D eigenvalue weighted by atomic mass is 9.95. The van der Waals surface area contributed by atoms with Crippen LogP contribution in [0.1, 0.15) is 36.7 Å². The van der Waals surface area contributed by atoms with Gasteiger partial charge >= 0.3 is 0 Å². The van der Waals surface area contributed by atoms with E-state index in [1.54, 1.807) is 7.11 Å². The van der Waals surface area contributed by atoms with Crippen molar-refractivity contribution in [1.82, 2.24) is 4.98 Å². The summed E-state index contributed by atoms with van der Waals surface area (Å²) in [6, 6.07) is 7.31. The highest BCUT2D eigenvalue weighted by Gasteiger charge is 2.16. The Balaban J connectivity index is 2.68. The highest BCUT2D eigenvalue weighted by Crippen LogP contribution is 2.35. The molecule has 1 heterocycles. The van der Waals surface area contributed by atoms with Crippen LogP contribution in [0, 0.1) is 19.7 Å². The molecule has 1 aromatic heterocycles. The summed E-state index contributed by atoms with van der Waals surface area (Å²) in [4.78, 5) is 4.47. The Labute approximate surface area is 119 Å². The number of nitrogens with zero attached hydrogens (tertiary/aromatic N) is 1. The van der Waals surface area contributed by atoms with Gasteiger partial charge < -0.3 is 4.74 Å². The summed E-state index contributed by atoms with van der Waals surface area (Å²) in [5, 5.41) is 0. The predicted octanol–water partition coefficient (Wildman–Crippen LogP) is 4.64. The molecule has 0 saturated carbocycles. The molecule has 0 aliphatic rings. The van der Waals surface area contributed by atoms with Gasteiger partial charge in [0.1, 0.15) is 11.6 Å². The van der Waals surface area contributed by atoms with Crippen molar-refractivity contribution in [2.24, 2.45) is 0 Å². The van der Waals surface area contributed by atoms with Crippen molar-refractivity contribution in [2.45, 2.75) is 33.6 Å². The third-order valence-electron chi connectivity index (χ3n) is 3.46. The molecule has 0 unspecified atom stereocenters. The highest BCUT2D eigenvalue weighted by atomic mass is 19.1. The summed E-state index contributed by atoms with van der Waals surface area (Å²) in [6.07, 6.45) is 0. The smallest absolute Gasteiger partial charge is 0.130 e. The Morgan fingerprint density at radius 3 is 2.35 bits per heavy atom. The van der Waals surface area contributed by atoms with Crippen molar-refractivity contribution in [3.8, 4) is 16.9 Å². The Kier molecular flexibility index (Phi) is 4.07. The Morgan fingerprint density at radius 1 is 1.10 bits per heavy atom. The first-order valence-corrected chi connectivity index (χ1v) is 6.76. The van der Waals surface area contributed by atoms with Gasteiger partial charge in [-0.15, -0.1) is 0 Å². The van der Waals surface area contributed by atoms with Crippen LogP contribution in [-0.4, -0.2) is 12.1 Å². The standard InChI is InChI=1S/C17H20FNO/c1-10(2)14-8-15(17(20-5)9-16(14)18)13-7-6-11(3)19-12(13)4/h6-10H,1-5H3. The zero-order valence-corrected chi connectivity index (χ0v) is 12.6. The third-order valence-corrected chi connectivity index (χ3v) is 3.46. The Morgan fingerprint density at radius 2 is 1.80 bits per heavy atom. The number of hydrogen-bond donors (Lipinski definition) is 0. The Hall–Kier alpha value is -1.90. The number of rotatable bonds is 3. The van der Waals surface area contributed by atoms with Crippen molar-refractivity contribution in [2.75, 3.05) is 7.11 Å². The van der Waals surface area contributed by atoms with E-state index in [9.17, 15) is 4.39 Å². The van der Waals surface area contributed by atoms with Crippen molar-refractivity contribution in [3.63, 3.8) is 0 Å². The van der Waals surface area contributed by atoms with Crippen LogP contribution in [0.25, 0.3) is 11.1 Å². The number of aromatic nitrogens is 1. The minimum absolute atomic E-state index is 0.123. The number of benzene rings is 1. The number of ether oxygens (including phenoxy) is 1. The minimum atomic E-state index is -0.224. The van der Waals surface area contributed by atoms with Gasteiger partial charge in [-0.2, -0.15) is 0 Å². The van der Waals surface area contributed by atoms with E-state index < -0.39 is 0 Å². The maximum atomic E-state index is 14.1. The second-order valence-electron chi connectivity index (χ2n) is 5.31. The van der Waals surface area contributed by atoms with Crippen molar-refractivity contribution in [1.29, 1.82) is 0 Å². The number of aryl methyl sites for hydroxylation is 2. The van der Waals surface area contributed by atoms with Crippen molar-refractivity contribution in [3.05, 3.63) is 47.0 Å². The molecule has 3 heteroatoms. The fourth-order valence-corrected chi connectivity index (χ4v) is 2.36. The molecule has 0 atom stereocenters. The zero-order valence-electron chi connectivity index (χ0n) is 12.6. The molecule has 2 nitrogen and oxygen atoms in total. The fourth-order valence-electron chi connectivity index (χ4n) is 2.36. The maximum absolute atomic E-state index is 14.1. The molecule has 106 valence electrons. The average molecular weight is 273 g/mol. The number of hydrogen-bond acceptors (Lipinski definition) is 2. The molecule has 0 radical (unpaired) electrons. The summed E-state index contributed by atoms with van der Waals surface area (Å²) < 4.78 is 19.4. The fraction of sp³-hybridized carbons (Fsp3) is 0.353. The van der Waals surface area contributed by atoms with Gasteiger partial charge in [-0.1, -0.05) is 19.9 Å². The van der Waals surface area contributed by atoms with E-state index in [4.69, 9.17) is 4.74 Å². The van der Waals surface area contributed by atoms with E-state index in [0.717, 1.165) is 22.5 Å². The summed E-state index contributed by atoms with van der Waals surface area (Å²) in [7, 11) is 1.56. The van der Waals surface area contributed by atoms with Gasteiger partial charge in [-0.3, -0.25) is 4.98 Å². The minimum Gasteiger partial charge on any atom is -0.496 e. The largest absolute Gasteiger partial charge is 0.496 e. The number of pyridine rings is 1. The van der Waals surface area contributed by atoms with Crippen LogP contribution in [0.2, 0.25) is 0 Å². The van der Waals surface area contributed by atoms with Gasteiger partial charge in [0.25, 0.3) is 0 Å². The van der Waals surface area contributed by atoms with Crippen LogP contribution in [0.15, 0.2) is 24.3 Å². The summed E-state index contributed by atoms with van der Waals surface area (Å²) >= 11 is 0. The SMILES string of the molecule is COc1cc(F)c(C(C)C)cc1-c1ccc(C)nc1C. The van der Waals surface area contributed by atoms with Gasteiger partial charge in [-0.25, -0.2) is 4.39 Å². The maximum Gasteiger partial charge on any atom is 0.130 e. The number of methoxy groups -OCH3 is 1. The molecule has 20 heavy (non-hydrogen) atoms. The molecular weight excluding hydrogens is 253 g/mol. The quantitative estimate of drug-likeness (QED) is 0.813. The second-order valence-corrected chi connectivity index (χ2v) is 5.31. The van der Waals surface area contributed by atoms with E-state index >= 15 is 0 Å². The van der Waals surface area contributed by atoms with Gasteiger partial charge in [0, 0.05) is 28.6 Å². The number of halogens is 1. The molecule has 0 saturated heterocycles. The summed E-state index contributed by atoms with van der Waals surface area (Å²) in [5.74, 6) is 0.442. The molecule has 0 aliphatic carbocycles. The van der Waals surface area contributed by atoms with Crippen LogP contribution in [0.3, 0.4) is 0 Å². The van der Waals surface area contributed by atoms with E-state index in [0.29, 0.717) is 11.3 Å². The topological polar surface area (TPSA) is 22.1 Å². The zero-order chi connectivity index (χ0) is 14.9. The highest BCUT2D eigenvalue weighted by molar-refractivity contribution is 5.73. The second kappa shape index (κ2) is 5.61. The van der Waals surface area contributed by atoms with E-state index in [1.807, 2.05) is 45.9 Å². The average Bonchev–Trinajstić information content (AvgIpc) is 2.38.